The third kappa shape index (κ3) is 8.00. The van der Waals surface area contributed by atoms with Crippen molar-refractivity contribution in [3.8, 4) is 0 Å². The molecule has 0 aliphatic rings. The summed E-state index contributed by atoms with van der Waals surface area (Å²) in [5.41, 5.74) is 2.07. The van der Waals surface area contributed by atoms with Gasteiger partial charge in [0, 0.05) is 30.5 Å². The fourth-order valence-electron chi connectivity index (χ4n) is 3.33. The van der Waals surface area contributed by atoms with Crippen LogP contribution in [0.15, 0.2) is 54.6 Å². The molecule has 0 aliphatic carbocycles. The lowest BCUT2D eigenvalue weighted by Gasteiger charge is -2.31. The van der Waals surface area contributed by atoms with Gasteiger partial charge < -0.3 is 10.2 Å². The molecule has 7 nitrogen and oxygen atoms in total. The summed E-state index contributed by atoms with van der Waals surface area (Å²) in [6.45, 7) is 6.18. The van der Waals surface area contributed by atoms with E-state index in [2.05, 4.69) is 5.32 Å². The summed E-state index contributed by atoms with van der Waals surface area (Å²) >= 11 is 1.44. The second-order valence-corrected chi connectivity index (χ2v) is 8.81. The normalized spacial score (nSPS) is 11.8. The first-order valence-corrected chi connectivity index (χ1v) is 11.9. The summed E-state index contributed by atoms with van der Waals surface area (Å²) in [4.78, 5) is 37.9. The number of non-ortho nitro benzene ring substituents is 1. The molecular weight excluding hydrogens is 426 g/mol. The molecule has 0 heterocycles. The standard InChI is InChI=1S/C24H31N3O4S/c1-4-22(24(29)25-18(2)3)26(15-14-19-8-6-5-7-9-19)23(28)17-32-16-20-10-12-21(13-11-20)27(30)31/h5-13,18,22H,4,14-17H2,1-3H3,(H,25,29)/t22-/m0/s1. The average molecular weight is 458 g/mol. The van der Waals surface area contributed by atoms with E-state index in [0.717, 1.165) is 11.1 Å². The number of rotatable bonds is 12. The molecule has 0 bridgehead atoms. The van der Waals surface area contributed by atoms with E-state index in [1.807, 2.05) is 51.1 Å². The number of benzene rings is 2. The molecule has 32 heavy (non-hydrogen) atoms. The van der Waals surface area contributed by atoms with Gasteiger partial charge in [0.25, 0.3) is 5.69 Å². The summed E-state index contributed by atoms with van der Waals surface area (Å²) in [5.74, 6) is 0.575. The number of carbonyl (C=O) groups excluding carboxylic acids is 2. The van der Waals surface area contributed by atoms with E-state index in [4.69, 9.17) is 0 Å². The van der Waals surface area contributed by atoms with Crippen LogP contribution in [-0.4, -0.2) is 46.0 Å². The Morgan fingerprint density at radius 3 is 2.28 bits per heavy atom. The maximum absolute atomic E-state index is 13.1. The number of nitro benzene ring substituents is 1. The minimum Gasteiger partial charge on any atom is -0.352 e. The van der Waals surface area contributed by atoms with E-state index in [0.29, 0.717) is 25.1 Å². The predicted molar refractivity (Wildman–Crippen MR) is 128 cm³/mol. The Morgan fingerprint density at radius 1 is 1.06 bits per heavy atom. The van der Waals surface area contributed by atoms with E-state index in [1.54, 1.807) is 17.0 Å². The van der Waals surface area contributed by atoms with Gasteiger partial charge >= 0.3 is 0 Å². The van der Waals surface area contributed by atoms with Crippen molar-refractivity contribution in [2.45, 2.75) is 51.4 Å². The SMILES string of the molecule is CC[C@@H](C(=O)NC(C)C)N(CCc1ccccc1)C(=O)CSCc1ccc([N+](=O)[O-])cc1. The maximum atomic E-state index is 13.1. The van der Waals surface area contributed by atoms with Gasteiger partial charge in [0.05, 0.1) is 10.7 Å². The Kier molecular flexibility index (Phi) is 10.2. The molecule has 1 atom stereocenters. The molecule has 172 valence electrons. The molecule has 0 saturated heterocycles. The number of nitrogens with one attached hydrogen (secondary N) is 1. The molecule has 0 aliphatic heterocycles. The van der Waals surface area contributed by atoms with Gasteiger partial charge in [-0.3, -0.25) is 19.7 Å². The number of nitro groups is 1. The molecule has 0 aromatic heterocycles. The van der Waals surface area contributed by atoms with Crippen LogP contribution in [0.5, 0.6) is 0 Å². The largest absolute Gasteiger partial charge is 0.352 e. The van der Waals surface area contributed by atoms with Crippen LogP contribution in [0.2, 0.25) is 0 Å². The Bertz CT molecular complexity index is 888. The predicted octanol–water partition coefficient (Wildman–Crippen LogP) is 4.20. The molecule has 0 saturated carbocycles. The second-order valence-electron chi connectivity index (χ2n) is 7.83. The Morgan fingerprint density at radius 2 is 1.72 bits per heavy atom. The van der Waals surface area contributed by atoms with Crippen molar-refractivity contribution in [1.82, 2.24) is 10.2 Å². The van der Waals surface area contributed by atoms with E-state index in [1.165, 1.54) is 23.9 Å². The number of carbonyl (C=O) groups is 2. The number of nitrogens with zero attached hydrogens (tertiary/aromatic N) is 2. The van der Waals surface area contributed by atoms with Crippen molar-refractivity contribution in [3.63, 3.8) is 0 Å². The number of hydrogen-bond acceptors (Lipinski definition) is 5. The smallest absolute Gasteiger partial charge is 0.269 e. The van der Waals surface area contributed by atoms with Crippen molar-refractivity contribution >= 4 is 29.3 Å². The quantitative estimate of drug-likeness (QED) is 0.381. The molecule has 2 aromatic rings. The monoisotopic (exact) mass is 457 g/mol. The topological polar surface area (TPSA) is 92.6 Å². The van der Waals surface area contributed by atoms with Crippen molar-refractivity contribution in [3.05, 3.63) is 75.8 Å². The van der Waals surface area contributed by atoms with Gasteiger partial charge in [-0.2, -0.15) is 0 Å². The Hall–Kier alpha value is -2.87. The third-order valence-corrected chi connectivity index (χ3v) is 5.93. The van der Waals surface area contributed by atoms with Crippen LogP contribution in [-0.2, 0) is 21.8 Å². The summed E-state index contributed by atoms with van der Waals surface area (Å²) in [6.07, 6.45) is 1.21. The van der Waals surface area contributed by atoms with E-state index in [-0.39, 0.29) is 29.3 Å². The van der Waals surface area contributed by atoms with Crippen molar-refractivity contribution in [2.24, 2.45) is 0 Å². The summed E-state index contributed by atoms with van der Waals surface area (Å²) < 4.78 is 0. The number of thioether (sulfide) groups is 1. The van der Waals surface area contributed by atoms with Crippen LogP contribution < -0.4 is 5.32 Å². The Balaban J connectivity index is 2.04. The molecule has 0 fully saturated rings. The highest BCUT2D eigenvalue weighted by atomic mass is 32.2. The zero-order chi connectivity index (χ0) is 23.5. The highest BCUT2D eigenvalue weighted by Crippen LogP contribution is 2.18. The molecule has 2 amide bonds. The lowest BCUT2D eigenvalue weighted by molar-refractivity contribution is -0.384. The number of hydrogen-bond donors (Lipinski definition) is 1. The van der Waals surface area contributed by atoms with Crippen LogP contribution in [0.3, 0.4) is 0 Å². The van der Waals surface area contributed by atoms with Crippen molar-refractivity contribution < 1.29 is 14.5 Å². The van der Waals surface area contributed by atoms with Crippen LogP contribution >= 0.6 is 11.8 Å². The summed E-state index contributed by atoms with van der Waals surface area (Å²) in [7, 11) is 0. The van der Waals surface area contributed by atoms with Gasteiger partial charge in [-0.15, -0.1) is 11.8 Å². The lowest BCUT2D eigenvalue weighted by atomic mass is 10.1. The lowest BCUT2D eigenvalue weighted by Crippen LogP contribution is -2.51. The zero-order valence-corrected chi connectivity index (χ0v) is 19.6. The van der Waals surface area contributed by atoms with Crippen LogP contribution in [0.1, 0.15) is 38.3 Å². The highest BCUT2D eigenvalue weighted by molar-refractivity contribution is 7.99. The van der Waals surface area contributed by atoms with Gasteiger partial charge in [0.2, 0.25) is 11.8 Å². The van der Waals surface area contributed by atoms with Crippen LogP contribution in [0, 0.1) is 10.1 Å². The maximum Gasteiger partial charge on any atom is 0.269 e. The van der Waals surface area contributed by atoms with Gasteiger partial charge in [-0.05, 0) is 37.8 Å². The third-order valence-electron chi connectivity index (χ3n) is 4.94. The van der Waals surface area contributed by atoms with Crippen LogP contribution in [0.25, 0.3) is 0 Å². The van der Waals surface area contributed by atoms with Gasteiger partial charge in [0.1, 0.15) is 6.04 Å². The van der Waals surface area contributed by atoms with Crippen molar-refractivity contribution in [2.75, 3.05) is 12.3 Å². The highest BCUT2D eigenvalue weighted by Gasteiger charge is 2.28. The van der Waals surface area contributed by atoms with E-state index < -0.39 is 11.0 Å². The van der Waals surface area contributed by atoms with Gasteiger partial charge in [-0.25, -0.2) is 0 Å². The fraction of sp³-hybridized carbons (Fsp3) is 0.417. The Labute approximate surface area is 193 Å². The van der Waals surface area contributed by atoms with E-state index >= 15 is 0 Å². The first-order valence-electron chi connectivity index (χ1n) is 10.8. The van der Waals surface area contributed by atoms with Crippen molar-refractivity contribution in [1.29, 1.82) is 0 Å². The minimum absolute atomic E-state index is 0.000798. The second kappa shape index (κ2) is 12.9. The molecule has 1 N–H and O–H groups in total. The zero-order valence-electron chi connectivity index (χ0n) is 18.8. The summed E-state index contributed by atoms with van der Waals surface area (Å²) in [5, 5.41) is 13.7. The minimum atomic E-state index is -0.520. The van der Waals surface area contributed by atoms with E-state index in [9.17, 15) is 19.7 Å². The molecule has 0 radical (unpaired) electrons. The molecular formula is C24H31N3O4S. The van der Waals surface area contributed by atoms with Crippen LogP contribution in [0.4, 0.5) is 5.69 Å². The first-order chi connectivity index (χ1) is 15.3. The average Bonchev–Trinajstić information content (AvgIpc) is 2.77. The van der Waals surface area contributed by atoms with Gasteiger partial charge in [-0.1, -0.05) is 49.4 Å². The first kappa shape index (κ1) is 25.4. The molecule has 2 rings (SSSR count). The molecule has 0 unspecified atom stereocenters. The van der Waals surface area contributed by atoms with Gasteiger partial charge in [0.15, 0.2) is 0 Å². The number of amides is 2. The molecule has 0 spiro atoms. The molecule has 2 aromatic carbocycles. The fourth-order valence-corrected chi connectivity index (χ4v) is 4.20. The summed E-state index contributed by atoms with van der Waals surface area (Å²) in [6, 6.07) is 15.7. The molecule has 8 heteroatoms.